The van der Waals surface area contributed by atoms with E-state index in [4.69, 9.17) is 0 Å². The number of rotatable bonds is 4. The molecule has 17 heavy (non-hydrogen) atoms. The van der Waals surface area contributed by atoms with Crippen LogP contribution in [-0.2, 0) is 6.42 Å². The zero-order valence-electron chi connectivity index (χ0n) is 9.98. The van der Waals surface area contributed by atoms with E-state index in [1.807, 2.05) is 37.3 Å². The first-order valence-corrected chi connectivity index (χ1v) is 5.83. The second-order valence-corrected chi connectivity index (χ2v) is 4.18. The van der Waals surface area contributed by atoms with Crippen molar-refractivity contribution in [1.29, 1.82) is 0 Å². The zero-order chi connectivity index (χ0) is 12.1. The van der Waals surface area contributed by atoms with Gasteiger partial charge in [0, 0.05) is 6.54 Å². The molecule has 0 amide bonds. The van der Waals surface area contributed by atoms with Gasteiger partial charge < -0.3 is 10.4 Å². The Kier molecular flexibility index (Phi) is 3.66. The molecule has 0 aliphatic carbocycles. The summed E-state index contributed by atoms with van der Waals surface area (Å²) in [5.41, 5.74) is 3.25. The highest BCUT2D eigenvalue weighted by molar-refractivity contribution is 5.57. The van der Waals surface area contributed by atoms with Gasteiger partial charge in [-0.25, -0.2) is 0 Å². The molecular formula is C15H17NO. The van der Waals surface area contributed by atoms with Crippen LogP contribution in [0, 0.1) is 6.92 Å². The Morgan fingerprint density at radius 1 is 1.06 bits per heavy atom. The van der Waals surface area contributed by atoms with Gasteiger partial charge in [0.15, 0.2) is 0 Å². The van der Waals surface area contributed by atoms with Gasteiger partial charge in [0.1, 0.15) is 5.75 Å². The minimum absolute atomic E-state index is 0.309. The predicted molar refractivity (Wildman–Crippen MR) is 71.5 cm³/mol. The molecular weight excluding hydrogens is 210 g/mol. The Morgan fingerprint density at radius 2 is 1.82 bits per heavy atom. The monoisotopic (exact) mass is 227 g/mol. The smallest absolute Gasteiger partial charge is 0.138 e. The number of aromatic hydroxyl groups is 1. The van der Waals surface area contributed by atoms with E-state index in [-0.39, 0.29) is 0 Å². The van der Waals surface area contributed by atoms with E-state index < -0.39 is 0 Å². The van der Waals surface area contributed by atoms with E-state index in [2.05, 4.69) is 17.4 Å². The van der Waals surface area contributed by atoms with Gasteiger partial charge >= 0.3 is 0 Å². The van der Waals surface area contributed by atoms with Crippen LogP contribution in [0.3, 0.4) is 0 Å². The van der Waals surface area contributed by atoms with Crippen molar-refractivity contribution >= 4 is 5.69 Å². The van der Waals surface area contributed by atoms with Gasteiger partial charge in [-0.2, -0.15) is 0 Å². The molecule has 0 fully saturated rings. The van der Waals surface area contributed by atoms with Crippen LogP contribution in [0.1, 0.15) is 11.1 Å². The number of hydrogen-bond donors (Lipinski definition) is 2. The summed E-state index contributed by atoms with van der Waals surface area (Å²) in [6.07, 6.45) is 0.953. The minimum atomic E-state index is 0.309. The minimum Gasteiger partial charge on any atom is -0.506 e. The molecule has 0 radical (unpaired) electrons. The molecule has 88 valence electrons. The molecule has 0 unspecified atom stereocenters. The van der Waals surface area contributed by atoms with Crippen LogP contribution >= 0.6 is 0 Å². The zero-order valence-corrected chi connectivity index (χ0v) is 9.98. The van der Waals surface area contributed by atoms with Gasteiger partial charge in [0.25, 0.3) is 0 Å². The molecule has 0 bridgehead atoms. The molecule has 0 atom stereocenters. The van der Waals surface area contributed by atoms with Crippen molar-refractivity contribution in [3.63, 3.8) is 0 Å². The number of aryl methyl sites for hydroxylation is 1. The Hall–Kier alpha value is -1.96. The molecule has 2 rings (SSSR count). The van der Waals surface area contributed by atoms with E-state index in [1.165, 1.54) is 5.56 Å². The van der Waals surface area contributed by atoms with Crippen molar-refractivity contribution in [1.82, 2.24) is 0 Å². The lowest BCUT2D eigenvalue weighted by molar-refractivity contribution is 0.477. The van der Waals surface area contributed by atoms with E-state index >= 15 is 0 Å². The maximum Gasteiger partial charge on any atom is 0.138 e. The summed E-state index contributed by atoms with van der Waals surface area (Å²) in [5.74, 6) is 0.309. The van der Waals surface area contributed by atoms with Crippen LogP contribution in [0.4, 0.5) is 5.69 Å². The Labute approximate surface area is 102 Å². The number of phenolic OH excluding ortho intramolecular Hbond substituents is 1. The summed E-state index contributed by atoms with van der Waals surface area (Å²) < 4.78 is 0. The van der Waals surface area contributed by atoms with Crippen molar-refractivity contribution in [2.45, 2.75) is 13.3 Å². The predicted octanol–water partition coefficient (Wildman–Crippen LogP) is 3.36. The molecule has 0 aliphatic heterocycles. The first kappa shape index (κ1) is 11.5. The van der Waals surface area contributed by atoms with Gasteiger partial charge in [0.2, 0.25) is 0 Å². The van der Waals surface area contributed by atoms with Crippen molar-refractivity contribution in [3.8, 4) is 5.75 Å². The van der Waals surface area contributed by atoms with Crippen molar-refractivity contribution in [2.75, 3.05) is 11.9 Å². The van der Waals surface area contributed by atoms with Crippen molar-refractivity contribution in [2.24, 2.45) is 0 Å². The van der Waals surface area contributed by atoms with Gasteiger partial charge in [-0.15, -0.1) is 0 Å². The third-order valence-electron chi connectivity index (χ3n) is 2.72. The number of anilines is 1. The third kappa shape index (κ3) is 3.25. The summed E-state index contributed by atoms with van der Waals surface area (Å²) in [6, 6.07) is 15.9. The molecule has 0 aromatic heterocycles. The van der Waals surface area contributed by atoms with Crippen LogP contribution in [0.25, 0.3) is 0 Å². The van der Waals surface area contributed by atoms with Gasteiger partial charge in [0.05, 0.1) is 5.69 Å². The quantitative estimate of drug-likeness (QED) is 0.785. The first-order valence-electron chi connectivity index (χ1n) is 5.83. The highest BCUT2D eigenvalue weighted by Crippen LogP contribution is 2.23. The summed E-state index contributed by atoms with van der Waals surface area (Å²) in [6.45, 7) is 2.84. The van der Waals surface area contributed by atoms with Crippen LogP contribution in [0.5, 0.6) is 5.75 Å². The molecule has 0 saturated carbocycles. The van der Waals surface area contributed by atoms with Crippen LogP contribution in [0.15, 0.2) is 48.5 Å². The Bertz CT molecular complexity index is 480. The van der Waals surface area contributed by atoms with E-state index in [0.717, 1.165) is 24.2 Å². The topological polar surface area (TPSA) is 32.3 Å². The molecule has 0 spiro atoms. The van der Waals surface area contributed by atoms with Gasteiger partial charge in [-0.05, 0) is 36.6 Å². The van der Waals surface area contributed by atoms with E-state index in [1.54, 1.807) is 6.07 Å². The molecule has 0 saturated heterocycles. The molecule has 2 aromatic rings. The first-order chi connectivity index (χ1) is 8.25. The standard InChI is InChI=1S/C15H17NO/c1-12-7-8-15(17)14(11-12)16-10-9-13-5-3-2-4-6-13/h2-8,11,16-17H,9-10H2,1H3. The fraction of sp³-hybridized carbons (Fsp3) is 0.200. The van der Waals surface area contributed by atoms with E-state index in [9.17, 15) is 5.11 Å². The lowest BCUT2D eigenvalue weighted by Crippen LogP contribution is -2.05. The second kappa shape index (κ2) is 5.39. The van der Waals surface area contributed by atoms with E-state index in [0.29, 0.717) is 5.75 Å². The van der Waals surface area contributed by atoms with Crippen LogP contribution in [-0.4, -0.2) is 11.7 Å². The maximum absolute atomic E-state index is 9.67. The number of benzene rings is 2. The van der Waals surface area contributed by atoms with Crippen molar-refractivity contribution in [3.05, 3.63) is 59.7 Å². The molecule has 2 aromatic carbocycles. The molecule has 2 N–H and O–H groups in total. The third-order valence-corrected chi connectivity index (χ3v) is 2.72. The van der Waals surface area contributed by atoms with Crippen LogP contribution < -0.4 is 5.32 Å². The van der Waals surface area contributed by atoms with Crippen molar-refractivity contribution < 1.29 is 5.11 Å². The number of nitrogens with one attached hydrogen (secondary N) is 1. The average molecular weight is 227 g/mol. The summed E-state index contributed by atoms with van der Waals surface area (Å²) in [7, 11) is 0. The maximum atomic E-state index is 9.67. The fourth-order valence-corrected chi connectivity index (χ4v) is 1.78. The Balaban J connectivity index is 1.92. The average Bonchev–Trinajstić information content (AvgIpc) is 2.35. The molecule has 0 aliphatic rings. The van der Waals surface area contributed by atoms with Gasteiger partial charge in [-0.1, -0.05) is 36.4 Å². The molecule has 0 heterocycles. The van der Waals surface area contributed by atoms with Gasteiger partial charge in [-0.3, -0.25) is 0 Å². The number of phenols is 1. The summed E-state index contributed by atoms with van der Waals surface area (Å²) >= 11 is 0. The SMILES string of the molecule is Cc1ccc(O)c(NCCc2ccccc2)c1. The second-order valence-electron chi connectivity index (χ2n) is 4.18. The highest BCUT2D eigenvalue weighted by Gasteiger charge is 2.00. The highest BCUT2D eigenvalue weighted by atomic mass is 16.3. The fourth-order valence-electron chi connectivity index (χ4n) is 1.78. The molecule has 2 heteroatoms. The van der Waals surface area contributed by atoms with Crippen LogP contribution in [0.2, 0.25) is 0 Å². The lowest BCUT2D eigenvalue weighted by atomic mass is 10.1. The molecule has 2 nitrogen and oxygen atoms in total. The largest absolute Gasteiger partial charge is 0.506 e. The Morgan fingerprint density at radius 3 is 2.59 bits per heavy atom. The summed E-state index contributed by atoms with van der Waals surface area (Å²) in [4.78, 5) is 0. The number of hydrogen-bond acceptors (Lipinski definition) is 2. The summed E-state index contributed by atoms with van der Waals surface area (Å²) in [5, 5.41) is 12.9. The normalized spacial score (nSPS) is 10.2. The lowest BCUT2D eigenvalue weighted by Gasteiger charge is -2.09.